The maximum atomic E-state index is 9.75. The predicted molar refractivity (Wildman–Crippen MR) is 73.0 cm³/mol. The van der Waals surface area contributed by atoms with Crippen LogP contribution in [0.4, 0.5) is 0 Å². The van der Waals surface area contributed by atoms with Crippen LogP contribution in [0, 0.1) is 0 Å². The summed E-state index contributed by atoms with van der Waals surface area (Å²) in [6, 6.07) is 5.55. The lowest BCUT2D eigenvalue weighted by molar-refractivity contribution is 0.158. The molecule has 2 atom stereocenters. The van der Waals surface area contributed by atoms with Gasteiger partial charge < -0.3 is 15.4 Å². The largest absolute Gasteiger partial charge is 0.391 e. The molecule has 3 rings (SSSR count). The topological polar surface area (TPSA) is 85.2 Å². The molecule has 0 bridgehead atoms. The molecule has 1 aliphatic carbocycles. The molecule has 6 heteroatoms. The van der Waals surface area contributed by atoms with Gasteiger partial charge in [-0.25, -0.2) is 0 Å². The maximum Gasteiger partial charge on any atom is 0.226 e. The van der Waals surface area contributed by atoms with Crippen molar-refractivity contribution in [2.45, 2.75) is 31.9 Å². The summed E-state index contributed by atoms with van der Waals surface area (Å²) >= 11 is 0. The Labute approximate surface area is 117 Å². The maximum absolute atomic E-state index is 9.75. The number of fused-ring (bicyclic) bond motifs is 1. The summed E-state index contributed by atoms with van der Waals surface area (Å²) < 4.78 is 5.09. The summed E-state index contributed by atoms with van der Waals surface area (Å²) in [4.78, 5) is 4.29. The summed E-state index contributed by atoms with van der Waals surface area (Å²) in [5, 5.41) is 13.7. The number of aryl methyl sites for hydroxylation is 1. The van der Waals surface area contributed by atoms with E-state index in [9.17, 15) is 5.11 Å². The number of aliphatic hydroxyl groups excluding tert-OH is 1. The van der Waals surface area contributed by atoms with Crippen molar-refractivity contribution in [3.63, 3.8) is 0 Å². The van der Waals surface area contributed by atoms with Gasteiger partial charge >= 0.3 is 0 Å². The highest BCUT2D eigenvalue weighted by atomic mass is 35.5. The number of aromatic nitrogens is 2. The first kappa shape index (κ1) is 14.0. The SMILES string of the molecule is CCc1nc(-c2ccc3c(c2)CC(O)C3N)no1.Cl. The van der Waals surface area contributed by atoms with Crippen molar-refractivity contribution in [1.82, 2.24) is 10.1 Å². The second kappa shape index (κ2) is 5.28. The van der Waals surface area contributed by atoms with Crippen LogP contribution in [0.15, 0.2) is 22.7 Å². The average Bonchev–Trinajstić information content (AvgIpc) is 2.95. The number of benzene rings is 1. The first-order chi connectivity index (χ1) is 8.69. The summed E-state index contributed by atoms with van der Waals surface area (Å²) in [6.07, 6.45) is 0.816. The molecule has 0 amide bonds. The second-order valence-electron chi connectivity index (χ2n) is 4.58. The third-order valence-corrected chi connectivity index (χ3v) is 3.37. The van der Waals surface area contributed by atoms with Gasteiger partial charge in [-0.15, -0.1) is 12.4 Å². The van der Waals surface area contributed by atoms with Gasteiger partial charge in [0.25, 0.3) is 0 Å². The lowest BCUT2D eigenvalue weighted by Gasteiger charge is -2.08. The number of aliphatic hydroxyl groups is 1. The fourth-order valence-corrected chi connectivity index (χ4v) is 2.32. The van der Waals surface area contributed by atoms with Crippen LogP contribution in [-0.4, -0.2) is 21.4 Å². The van der Waals surface area contributed by atoms with Crippen molar-refractivity contribution < 1.29 is 9.63 Å². The van der Waals surface area contributed by atoms with Gasteiger partial charge in [0.05, 0.1) is 12.1 Å². The molecule has 0 saturated heterocycles. The molecule has 1 aliphatic rings. The Hall–Kier alpha value is -1.43. The van der Waals surface area contributed by atoms with Gasteiger partial charge in [-0.3, -0.25) is 0 Å². The smallest absolute Gasteiger partial charge is 0.226 e. The molecule has 1 aromatic carbocycles. The van der Waals surface area contributed by atoms with Crippen molar-refractivity contribution >= 4 is 12.4 Å². The summed E-state index contributed by atoms with van der Waals surface area (Å²) in [6.45, 7) is 1.97. The standard InChI is InChI=1S/C13H15N3O2.ClH/c1-2-11-15-13(16-18-11)7-3-4-9-8(5-7)6-10(17)12(9)14;/h3-5,10,12,17H,2,6,14H2,1H3;1H. The van der Waals surface area contributed by atoms with E-state index in [2.05, 4.69) is 10.1 Å². The van der Waals surface area contributed by atoms with Crippen LogP contribution in [0.3, 0.4) is 0 Å². The van der Waals surface area contributed by atoms with E-state index in [0.717, 1.165) is 23.1 Å². The Kier molecular flexibility index (Phi) is 3.89. The van der Waals surface area contributed by atoms with Crippen LogP contribution >= 0.6 is 12.4 Å². The minimum Gasteiger partial charge on any atom is -0.391 e. The van der Waals surface area contributed by atoms with Crippen LogP contribution < -0.4 is 5.73 Å². The Morgan fingerprint density at radius 3 is 2.95 bits per heavy atom. The van der Waals surface area contributed by atoms with E-state index in [4.69, 9.17) is 10.3 Å². The first-order valence-electron chi connectivity index (χ1n) is 6.08. The van der Waals surface area contributed by atoms with Crippen LogP contribution in [-0.2, 0) is 12.8 Å². The van der Waals surface area contributed by atoms with Crippen LogP contribution in [0.5, 0.6) is 0 Å². The molecule has 2 unspecified atom stereocenters. The zero-order valence-corrected chi connectivity index (χ0v) is 11.4. The zero-order valence-electron chi connectivity index (χ0n) is 10.5. The van der Waals surface area contributed by atoms with Gasteiger partial charge in [0.1, 0.15) is 0 Å². The van der Waals surface area contributed by atoms with Crippen molar-refractivity contribution in [3.05, 3.63) is 35.2 Å². The number of rotatable bonds is 2. The van der Waals surface area contributed by atoms with Crippen molar-refractivity contribution in [2.75, 3.05) is 0 Å². The fourth-order valence-electron chi connectivity index (χ4n) is 2.32. The monoisotopic (exact) mass is 281 g/mol. The normalized spacial score (nSPS) is 21.0. The van der Waals surface area contributed by atoms with Gasteiger partial charge in [-0.05, 0) is 17.2 Å². The third kappa shape index (κ3) is 2.36. The lowest BCUT2D eigenvalue weighted by atomic mass is 10.0. The van der Waals surface area contributed by atoms with Crippen molar-refractivity contribution in [2.24, 2.45) is 5.73 Å². The van der Waals surface area contributed by atoms with E-state index in [1.165, 1.54) is 0 Å². The van der Waals surface area contributed by atoms with Crippen LogP contribution in [0.1, 0.15) is 30.0 Å². The van der Waals surface area contributed by atoms with E-state index >= 15 is 0 Å². The average molecular weight is 282 g/mol. The van der Waals surface area contributed by atoms with E-state index in [0.29, 0.717) is 18.1 Å². The molecular formula is C13H16ClN3O2. The molecule has 0 saturated carbocycles. The van der Waals surface area contributed by atoms with Gasteiger partial charge in [0, 0.05) is 18.4 Å². The van der Waals surface area contributed by atoms with Crippen molar-refractivity contribution in [3.8, 4) is 11.4 Å². The van der Waals surface area contributed by atoms with Crippen molar-refractivity contribution in [1.29, 1.82) is 0 Å². The quantitative estimate of drug-likeness (QED) is 0.874. The number of halogens is 1. The van der Waals surface area contributed by atoms with Gasteiger partial charge in [-0.1, -0.05) is 24.2 Å². The molecule has 1 aromatic heterocycles. The van der Waals surface area contributed by atoms with Gasteiger partial charge in [0.2, 0.25) is 11.7 Å². The third-order valence-electron chi connectivity index (χ3n) is 3.37. The highest BCUT2D eigenvalue weighted by molar-refractivity contribution is 5.85. The van der Waals surface area contributed by atoms with E-state index < -0.39 is 6.10 Å². The molecule has 19 heavy (non-hydrogen) atoms. The minimum absolute atomic E-state index is 0. The highest BCUT2D eigenvalue weighted by Gasteiger charge is 2.28. The lowest BCUT2D eigenvalue weighted by Crippen LogP contribution is -2.21. The molecule has 102 valence electrons. The Bertz CT molecular complexity index is 585. The van der Waals surface area contributed by atoms with E-state index in [1.54, 1.807) is 0 Å². The molecule has 2 aromatic rings. The molecule has 0 spiro atoms. The van der Waals surface area contributed by atoms with Gasteiger partial charge in [0.15, 0.2) is 0 Å². The molecule has 5 nitrogen and oxygen atoms in total. The molecule has 0 radical (unpaired) electrons. The number of hydrogen-bond acceptors (Lipinski definition) is 5. The number of nitrogens with two attached hydrogens (primary N) is 1. The van der Waals surface area contributed by atoms with Gasteiger partial charge in [-0.2, -0.15) is 4.98 Å². The molecule has 0 aliphatic heterocycles. The Balaban J connectivity index is 0.00000133. The highest BCUT2D eigenvalue weighted by Crippen LogP contribution is 2.32. The predicted octanol–water partition coefficient (Wildman–Crippen LogP) is 1.64. The summed E-state index contributed by atoms with van der Waals surface area (Å²) in [5.41, 5.74) is 8.88. The molecular weight excluding hydrogens is 266 g/mol. The minimum atomic E-state index is -0.494. The summed E-state index contributed by atoms with van der Waals surface area (Å²) in [5.74, 6) is 1.21. The Morgan fingerprint density at radius 1 is 1.47 bits per heavy atom. The van der Waals surface area contributed by atoms with Crippen LogP contribution in [0.2, 0.25) is 0 Å². The Morgan fingerprint density at radius 2 is 2.26 bits per heavy atom. The first-order valence-corrected chi connectivity index (χ1v) is 6.08. The fraction of sp³-hybridized carbons (Fsp3) is 0.385. The van der Waals surface area contributed by atoms with Crippen LogP contribution in [0.25, 0.3) is 11.4 Å². The summed E-state index contributed by atoms with van der Waals surface area (Å²) in [7, 11) is 0. The molecule has 0 fully saturated rings. The zero-order chi connectivity index (χ0) is 12.7. The van der Waals surface area contributed by atoms with E-state index in [1.807, 2.05) is 25.1 Å². The molecule has 1 heterocycles. The number of hydrogen-bond donors (Lipinski definition) is 2. The molecule has 3 N–H and O–H groups in total. The van der Waals surface area contributed by atoms with E-state index in [-0.39, 0.29) is 18.4 Å². The second-order valence-corrected chi connectivity index (χ2v) is 4.58. The number of nitrogens with zero attached hydrogens (tertiary/aromatic N) is 2.